The van der Waals surface area contributed by atoms with Crippen LogP contribution in [0.2, 0.25) is 0 Å². The Kier molecular flexibility index (Phi) is 6.60. The SMILES string of the molecule is CC(C)Oc1ccc(/C(O)=C2\C(=O)C(=O)N(Cc3cccnc3)C2c2ccc(Br)cc2)cc1. The summed E-state index contributed by atoms with van der Waals surface area (Å²) in [5, 5.41) is 11.2. The molecule has 33 heavy (non-hydrogen) atoms. The van der Waals surface area contributed by atoms with Gasteiger partial charge >= 0.3 is 0 Å². The van der Waals surface area contributed by atoms with Crippen LogP contribution in [0.1, 0.15) is 36.6 Å². The largest absolute Gasteiger partial charge is 0.507 e. The number of aromatic nitrogens is 1. The minimum atomic E-state index is -0.732. The lowest BCUT2D eigenvalue weighted by molar-refractivity contribution is -0.140. The van der Waals surface area contributed by atoms with E-state index in [1.165, 1.54) is 4.90 Å². The second-order valence-corrected chi connectivity index (χ2v) is 8.95. The maximum Gasteiger partial charge on any atom is 0.295 e. The number of amides is 1. The van der Waals surface area contributed by atoms with Crippen molar-refractivity contribution in [1.82, 2.24) is 9.88 Å². The van der Waals surface area contributed by atoms with Crippen LogP contribution in [0, 0.1) is 0 Å². The molecule has 1 N–H and O–H groups in total. The number of benzene rings is 2. The summed E-state index contributed by atoms with van der Waals surface area (Å²) in [4.78, 5) is 31.8. The van der Waals surface area contributed by atoms with Gasteiger partial charge in [0.25, 0.3) is 11.7 Å². The summed E-state index contributed by atoms with van der Waals surface area (Å²) in [6, 6.07) is 17.1. The maximum atomic E-state index is 13.1. The predicted octanol–water partition coefficient (Wildman–Crippen LogP) is 5.25. The van der Waals surface area contributed by atoms with E-state index >= 15 is 0 Å². The molecular weight excluding hydrogens is 484 g/mol. The van der Waals surface area contributed by atoms with Crippen LogP contribution in [-0.4, -0.2) is 32.8 Å². The molecule has 2 aromatic carbocycles. The second-order valence-electron chi connectivity index (χ2n) is 8.03. The van der Waals surface area contributed by atoms with Crippen LogP contribution >= 0.6 is 15.9 Å². The van der Waals surface area contributed by atoms with Crippen molar-refractivity contribution in [2.45, 2.75) is 32.5 Å². The molecule has 2 heterocycles. The summed E-state index contributed by atoms with van der Waals surface area (Å²) in [5.74, 6) is -0.936. The fourth-order valence-electron chi connectivity index (χ4n) is 3.84. The fraction of sp³-hybridized carbons (Fsp3) is 0.192. The van der Waals surface area contributed by atoms with Gasteiger partial charge in [-0.25, -0.2) is 0 Å². The molecule has 3 aromatic rings. The normalized spacial score (nSPS) is 17.6. The van der Waals surface area contributed by atoms with Gasteiger partial charge in [-0.3, -0.25) is 14.6 Å². The maximum absolute atomic E-state index is 13.1. The van der Waals surface area contributed by atoms with Crippen LogP contribution < -0.4 is 4.74 Å². The Hall–Kier alpha value is -3.45. The Balaban J connectivity index is 1.79. The Bertz CT molecular complexity index is 1190. The molecule has 1 unspecified atom stereocenters. The first-order valence-corrected chi connectivity index (χ1v) is 11.3. The van der Waals surface area contributed by atoms with Crippen LogP contribution in [0.3, 0.4) is 0 Å². The van der Waals surface area contributed by atoms with E-state index in [-0.39, 0.29) is 24.0 Å². The highest BCUT2D eigenvalue weighted by Gasteiger charge is 2.46. The van der Waals surface area contributed by atoms with Gasteiger partial charge in [0.15, 0.2) is 0 Å². The number of halogens is 1. The zero-order chi connectivity index (χ0) is 23.5. The number of carbonyl (C=O) groups is 2. The highest BCUT2D eigenvalue weighted by molar-refractivity contribution is 9.10. The van der Waals surface area contributed by atoms with Crippen LogP contribution in [0.15, 0.2) is 83.1 Å². The molecule has 1 aromatic heterocycles. The molecule has 4 rings (SSSR count). The molecule has 1 amide bonds. The van der Waals surface area contributed by atoms with Crippen molar-refractivity contribution in [2.24, 2.45) is 0 Å². The Morgan fingerprint density at radius 1 is 1.09 bits per heavy atom. The molecule has 1 saturated heterocycles. The van der Waals surface area contributed by atoms with E-state index in [1.54, 1.807) is 42.7 Å². The number of hydrogen-bond donors (Lipinski definition) is 1. The highest BCUT2D eigenvalue weighted by atomic mass is 79.9. The number of rotatable bonds is 6. The molecule has 0 radical (unpaired) electrons. The van der Waals surface area contributed by atoms with Crippen molar-refractivity contribution in [1.29, 1.82) is 0 Å². The van der Waals surface area contributed by atoms with Gasteiger partial charge in [0.2, 0.25) is 0 Å². The molecule has 1 aliphatic heterocycles. The number of nitrogens with zero attached hydrogens (tertiary/aromatic N) is 2. The van der Waals surface area contributed by atoms with Gasteiger partial charge in [0.05, 0.1) is 17.7 Å². The number of Topliss-reactive ketones (excluding diaryl/α,β-unsaturated/α-hetero) is 1. The summed E-state index contributed by atoms with van der Waals surface area (Å²) < 4.78 is 6.53. The van der Waals surface area contributed by atoms with Crippen molar-refractivity contribution in [2.75, 3.05) is 0 Å². The summed E-state index contributed by atoms with van der Waals surface area (Å²) in [6.07, 6.45) is 3.32. The zero-order valence-corrected chi connectivity index (χ0v) is 19.8. The van der Waals surface area contributed by atoms with E-state index in [0.717, 1.165) is 15.6 Å². The van der Waals surface area contributed by atoms with Crippen LogP contribution in [0.25, 0.3) is 5.76 Å². The average Bonchev–Trinajstić information content (AvgIpc) is 3.05. The van der Waals surface area contributed by atoms with E-state index in [0.29, 0.717) is 11.3 Å². The first-order chi connectivity index (χ1) is 15.8. The number of aliphatic hydroxyl groups excluding tert-OH is 1. The molecule has 7 heteroatoms. The first kappa shape index (κ1) is 22.7. The molecule has 6 nitrogen and oxygen atoms in total. The van der Waals surface area contributed by atoms with Crippen molar-refractivity contribution in [3.63, 3.8) is 0 Å². The van der Waals surface area contributed by atoms with Gasteiger partial charge in [-0.05, 0) is 67.4 Å². The van der Waals surface area contributed by atoms with Crippen LogP contribution in [0.5, 0.6) is 5.75 Å². The van der Waals surface area contributed by atoms with Gasteiger partial charge in [0, 0.05) is 29.0 Å². The fourth-order valence-corrected chi connectivity index (χ4v) is 4.11. The van der Waals surface area contributed by atoms with Crippen molar-refractivity contribution in [3.8, 4) is 5.75 Å². The van der Waals surface area contributed by atoms with E-state index in [9.17, 15) is 14.7 Å². The second kappa shape index (κ2) is 9.58. The van der Waals surface area contributed by atoms with Gasteiger partial charge in [-0.1, -0.05) is 34.1 Å². The van der Waals surface area contributed by atoms with Gasteiger partial charge in [0.1, 0.15) is 11.5 Å². The highest BCUT2D eigenvalue weighted by Crippen LogP contribution is 2.40. The van der Waals surface area contributed by atoms with E-state index in [4.69, 9.17) is 4.74 Å². The minimum absolute atomic E-state index is 0.0136. The quantitative estimate of drug-likeness (QED) is 0.280. The lowest BCUT2D eigenvalue weighted by Crippen LogP contribution is -2.29. The number of hydrogen-bond acceptors (Lipinski definition) is 5. The Morgan fingerprint density at radius 3 is 2.39 bits per heavy atom. The van der Waals surface area contributed by atoms with Crippen molar-refractivity contribution < 1.29 is 19.4 Å². The minimum Gasteiger partial charge on any atom is -0.507 e. The number of ketones is 1. The molecule has 1 aliphatic rings. The predicted molar refractivity (Wildman–Crippen MR) is 128 cm³/mol. The average molecular weight is 507 g/mol. The van der Waals surface area contributed by atoms with E-state index < -0.39 is 17.7 Å². The lowest BCUT2D eigenvalue weighted by atomic mass is 9.95. The molecule has 1 fully saturated rings. The standard InChI is InChI=1S/C26H23BrN2O4/c1-16(2)33-21-11-7-19(8-12-21)24(30)22-23(18-5-9-20(27)10-6-18)29(26(32)25(22)31)15-17-4-3-13-28-14-17/h3-14,16,23,30H,15H2,1-2H3/b24-22+. The summed E-state index contributed by atoms with van der Waals surface area (Å²) in [7, 11) is 0. The summed E-state index contributed by atoms with van der Waals surface area (Å²) in [5.41, 5.74) is 2.01. The summed E-state index contributed by atoms with van der Waals surface area (Å²) >= 11 is 3.42. The third-order valence-electron chi connectivity index (χ3n) is 5.30. The van der Waals surface area contributed by atoms with Crippen molar-refractivity contribution in [3.05, 3.63) is 99.8 Å². The number of pyridine rings is 1. The molecule has 0 spiro atoms. The van der Waals surface area contributed by atoms with Crippen LogP contribution in [-0.2, 0) is 16.1 Å². The van der Waals surface area contributed by atoms with E-state index in [1.807, 2.05) is 44.2 Å². The molecule has 1 atom stereocenters. The first-order valence-electron chi connectivity index (χ1n) is 10.5. The third kappa shape index (κ3) is 4.83. The smallest absolute Gasteiger partial charge is 0.295 e. The Morgan fingerprint density at radius 2 is 1.79 bits per heavy atom. The number of aliphatic hydroxyl groups is 1. The Labute approximate surface area is 200 Å². The topological polar surface area (TPSA) is 79.7 Å². The molecule has 0 saturated carbocycles. The summed E-state index contributed by atoms with van der Waals surface area (Å²) in [6.45, 7) is 4.04. The third-order valence-corrected chi connectivity index (χ3v) is 5.83. The lowest BCUT2D eigenvalue weighted by Gasteiger charge is -2.25. The monoisotopic (exact) mass is 506 g/mol. The molecule has 0 aliphatic carbocycles. The number of likely N-dealkylation sites (tertiary alicyclic amines) is 1. The number of carbonyl (C=O) groups excluding carboxylic acids is 2. The molecule has 168 valence electrons. The van der Waals surface area contributed by atoms with Gasteiger partial charge in [-0.2, -0.15) is 0 Å². The number of ether oxygens (including phenoxy) is 1. The van der Waals surface area contributed by atoms with Crippen molar-refractivity contribution >= 4 is 33.4 Å². The molecule has 0 bridgehead atoms. The van der Waals surface area contributed by atoms with Gasteiger partial charge < -0.3 is 14.7 Å². The van der Waals surface area contributed by atoms with E-state index in [2.05, 4.69) is 20.9 Å². The molecular formula is C26H23BrN2O4. The zero-order valence-electron chi connectivity index (χ0n) is 18.2. The van der Waals surface area contributed by atoms with Crippen LogP contribution in [0.4, 0.5) is 0 Å². The van der Waals surface area contributed by atoms with Gasteiger partial charge in [-0.15, -0.1) is 0 Å².